The average Bonchev–Trinajstić information content (AvgIpc) is 2.52. The highest BCUT2D eigenvalue weighted by Crippen LogP contribution is 2.24. The van der Waals surface area contributed by atoms with Crippen LogP contribution in [0.4, 0.5) is 10.6 Å². The van der Waals surface area contributed by atoms with Crippen LogP contribution >= 0.6 is 23.4 Å². The zero-order valence-electron chi connectivity index (χ0n) is 15.6. The number of nitrogens with zero attached hydrogens (tertiary/aromatic N) is 4. The summed E-state index contributed by atoms with van der Waals surface area (Å²) in [6.07, 6.45) is 3.76. The van der Waals surface area contributed by atoms with Gasteiger partial charge in [-0.1, -0.05) is 23.4 Å². The highest BCUT2D eigenvalue weighted by Gasteiger charge is 2.28. The quantitative estimate of drug-likeness (QED) is 0.444. The van der Waals surface area contributed by atoms with Gasteiger partial charge in [0, 0.05) is 32.7 Å². The van der Waals surface area contributed by atoms with E-state index in [-0.39, 0.29) is 6.09 Å². The fourth-order valence-corrected chi connectivity index (χ4v) is 3.46. The first-order chi connectivity index (χ1) is 11.7. The van der Waals surface area contributed by atoms with Crippen LogP contribution in [0.25, 0.3) is 0 Å². The molecule has 1 amide bonds. The third-order valence-electron chi connectivity index (χ3n) is 3.94. The van der Waals surface area contributed by atoms with E-state index < -0.39 is 5.60 Å². The molecule has 0 unspecified atom stereocenters. The molecule has 0 N–H and O–H groups in total. The molecule has 0 saturated carbocycles. The van der Waals surface area contributed by atoms with E-state index in [1.54, 1.807) is 6.07 Å². The van der Waals surface area contributed by atoms with E-state index >= 15 is 0 Å². The molecular weight excluding hydrogens is 360 g/mol. The molecule has 1 aromatic heterocycles. The van der Waals surface area contributed by atoms with Crippen molar-refractivity contribution in [2.24, 2.45) is 5.92 Å². The Labute approximate surface area is 159 Å². The van der Waals surface area contributed by atoms with E-state index in [2.05, 4.69) is 14.9 Å². The molecule has 0 aromatic carbocycles. The predicted octanol–water partition coefficient (Wildman–Crippen LogP) is 3.94. The number of hydrogen-bond acceptors (Lipinski definition) is 6. The molecule has 0 spiro atoms. The van der Waals surface area contributed by atoms with Crippen molar-refractivity contribution in [1.29, 1.82) is 0 Å². The summed E-state index contributed by atoms with van der Waals surface area (Å²) in [5, 5.41) is 1.11. The van der Waals surface area contributed by atoms with Gasteiger partial charge in [-0.05, 0) is 45.8 Å². The van der Waals surface area contributed by atoms with Crippen molar-refractivity contribution in [2.75, 3.05) is 37.8 Å². The van der Waals surface area contributed by atoms with Gasteiger partial charge in [-0.2, -0.15) is 0 Å². The smallest absolute Gasteiger partial charge is 0.410 e. The number of carbonyl (C=O) groups is 1. The lowest BCUT2D eigenvalue weighted by Crippen LogP contribution is -2.45. The number of amides is 1. The van der Waals surface area contributed by atoms with Crippen molar-refractivity contribution in [3.63, 3.8) is 0 Å². The number of rotatable bonds is 4. The number of thioether (sulfide) groups is 1. The van der Waals surface area contributed by atoms with Gasteiger partial charge in [-0.15, -0.1) is 0 Å². The molecule has 0 aliphatic carbocycles. The molecule has 1 aromatic rings. The van der Waals surface area contributed by atoms with Crippen LogP contribution in [0.2, 0.25) is 5.15 Å². The molecule has 2 heterocycles. The van der Waals surface area contributed by atoms with E-state index in [4.69, 9.17) is 16.3 Å². The molecule has 1 fully saturated rings. The summed E-state index contributed by atoms with van der Waals surface area (Å²) in [6, 6.07) is 1.77. The molecule has 25 heavy (non-hydrogen) atoms. The van der Waals surface area contributed by atoms with Crippen LogP contribution in [0.5, 0.6) is 0 Å². The van der Waals surface area contributed by atoms with Gasteiger partial charge >= 0.3 is 6.09 Å². The highest BCUT2D eigenvalue weighted by molar-refractivity contribution is 7.98. The van der Waals surface area contributed by atoms with Crippen LogP contribution in [0.1, 0.15) is 33.6 Å². The second-order valence-electron chi connectivity index (χ2n) is 7.35. The van der Waals surface area contributed by atoms with Gasteiger partial charge in [0.15, 0.2) is 5.16 Å². The van der Waals surface area contributed by atoms with Crippen molar-refractivity contribution in [2.45, 2.75) is 44.4 Å². The third kappa shape index (κ3) is 6.22. The molecule has 1 atom stereocenters. The van der Waals surface area contributed by atoms with E-state index in [9.17, 15) is 4.79 Å². The zero-order valence-corrected chi connectivity index (χ0v) is 17.2. The first kappa shape index (κ1) is 20.1. The van der Waals surface area contributed by atoms with Gasteiger partial charge in [0.1, 0.15) is 16.6 Å². The second-order valence-corrected chi connectivity index (χ2v) is 8.51. The number of ether oxygens (including phenoxy) is 1. The summed E-state index contributed by atoms with van der Waals surface area (Å²) in [4.78, 5) is 24.9. The molecule has 6 nitrogen and oxygen atoms in total. The van der Waals surface area contributed by atoms with Crippen LogP contribution in [0.3, 0.4) is 0 Å². The molecule has 0 radical (unpaired) electrons. The fourth-order valence-electron chi connectivity index (χ4n) is 2.86. The van der Waals surface area contributed by atoms with E-state index in [1.165, 1.54) is 11.8 Å². The van der Waals surface area contributed by atoms with Crippen molar-refractivity contribution >= 4 is 35.3 Å². The van der Waals surface area contributed by atoms with Crippen LogP contribution < -0.4 is 4.90 Å². The summed E-state index contributed by atoms with van der Waals surface area (Å²) in [7, 11) is 2.00. The van der Waals surface area contributed by atoms with E-state index in [0.717, 1.165) is 31.7 Å². The standard InChI is InChI=1S/C17H27ClN4O2S/c1-17(2,3)24-16(23)22-8-6-7-12(11-22)10-21(4)14-9-13(18)19-15(20-14)25-5/h9,12H,6-8,10-11H2,1-5H3/t12-/m0/s1. The summed E-state index contributed by atoms with van der Waals surface area (Å²) in [5.41, 5.74) is -0.466. The topological polar surface area (TPSA) is 58.6 Å². The molecule has 1 aliphatic heterocycles. The zero-order chi connectivity index (χ0) is 18.6. The van der Waals surface area contributed by atoms with Crippen molar-refractivity contribution in [1.82, 2.24) is 14.9 Å². The Morgan fingerprint density at radius 1 is 1.48 bits per heavy atom. The number of halogens is 1. The van der Waals surface area contributed by atoms with Crippen LogP contribution in [0.15, 0.2) is 11.2 Å². The summed E-state index contributed by atoms with van der Waals surface area (Å²) in [5.74, 6) is 1.18. The van der Waals surface area contributed by atoms with Gasteiger partial charge in [0.05, 0.1) is 0 Å². The maximum atomic E-state index is 12.3. The van der Waals surface area contributed by atoms with Gasteiger partial charge in [0.25, 0.3) is 0 Å². The first-order valence-corrected chi connectivity index (χ1v) is 10.1. The van der Waals surface area contributed by atoms with Gasteiger partial charge < -0.3 is 14.5 Å². The van der Waals surface area contributed by atoms with Crippen molar-refractivity contribution in [3.05, 3.63) is 11.2 Å². The fraction of sp³-hybridized carbons (Fsp3) is 0.706. The number of hydrogen-bond donors (Lipinski definition) is 0. The minimum Gasteiger partial charge on any atom is -0.444 e. The SMILES string of the molecule is CSc1nc(Cl)cc(N(C)C[C@@H]2CCCN(C(=O)OC(C)(C)C)C2)n1. The van der Waals surface area contributed by atoms with Gasteiger partial charge in [-0.25, -0.2) is 14.8 Å². The Hall–Kier alpha value is -1.21. The molecule has 2 rings (SSSR count). The van der Waals surface area contributed by atoms with Crippen LogP contribution in [0, 0.1) is 5.92 Å². The molecule has 1 aliphatic rings. The number of likely N-dealkylation sites (tertiary alicyclic amines) is 1. The van der Waals surface area contributed by atoms with Gasteiger partial charge in [-0.3, -0.25) is 0 Å². The highest BCUT2D eigenvalue weighted by atomic mass is 35.5. The number of carbonyl (C=O) groups excluding carboxylic acids is 1. The maximum Gasteiger partial charge on any atom is 0.410 e. The third-order valence-corrected chi connectivity index (χ3v) is 4.68. The Morgan fingerprint density at radius 2 is 2.20 bits per heavy atom. The molecule has 0 bridgehead atoms. The Balaban J connectivity index is 1.98. The minimum atomic E-state index is -0.466. The molecule has 8 heteroatoms. The lowest BCUT2D eigenvalue weighted by atomic mass is 9.98. The molecular formula is C17H27ClN4O2S. The van der Waals surface area contributed by atoms with Crippen molar-refractivity contribution < 1.29 is 9.53 Å². The first-order valence-electron chi connectivity index (χ1n) is 8.45. The Kier molecular flexibility index (Phi) is 6.79. The van der Waals surface area contributed by atoms with E-state index in [0.29, 0.717) is 22.8 Å². The van der Waals surface area contributed by atoms with Gasteiger partial charge in [0.2, 0.25) is 0 Å². The lowest BCUT2D eigenvalue weighted by Gasteiger charge is -2.35. The molecule has 1 saturated heterocycles. The summed E-state index contributed by atoms with van der Waals surface area (Å²) < 4.78 is 5.49. The average molecular weight is 387 g/mol. The van der Waals surface area contributed by atoms with E-state index in [1.807, 2.05) is 39.0 Å². The maximum absolute atomic E-state index is 12.3. The number of piperidine rings is 1. The summed E-state index contributed by atoms with van der Waals surface area (Å²) >= 11 is 7.55. The van der Waals surface area contributed by atoms with Crippen molar-refractivity contribution in [3.8, 4) is 0 Å². The molecule has 140 valence electrons. The lowest BCUT2D eigenvalue weighted by molar-refractivity contribution is 0.0170. The normalized spacial score (nSPS) is 18.2. The summed E-state index contributed by atoms with van der Waals surface area (Å²) in [6.45, 7) is 7.94. The minimum absolute atomic E-state index is 0.227. The Morgan fingerprint density at radius 3 is 2.84 bits per heavy atom. The predicted molar refractivity (Wildman–Crippen MR) is 103 cm³/mol. The Bertz CT molecular complexity index is 609. The largest absolute Gasteiger partial charge is 0.444 e. The van der Waals surface area contributed by atoms with Crippen LogP contribution in [-0.4, -0.2) is 59.5 Å². The second kappa shape index (κ2) is 8.45. The number of anilines is 1. The number of aromatic nitrogens is 2. The monoisotopic (exact) mass is 386 g/mol. The van der Waals surface area contributed by atoms with Crippen LogP contribution in [-0.2, 0) is 4.74 Å².